The van der Waals surface area contributed by atoms with Crippen molar-refractivity contribution in [3.05, 3.63) is 75.1 Å². The first-order valence-electron chi connectivity index (χ1n) is 9.63. The van der Waals surface area contributed by atoms with E-state index in [1.54, 1.807) is 37.4 Å². The molecule has 1 unspecified atom stereocenters. The van der Waals surface area contributed by atoms with Crippen LogP contribution in [0, 0.1) is 0 Å². The summed E-state index contributed by atoms with van der Waals surface area (Å²) in [4.78, 5) is 27.4. The Hall–Kier alpha value is -2.84. The van der Waals surface area contributed by atoms with E-state index in [-0.39, 0.29) is 34.8 Å². The molecule has 162 valence electrons. The minimum atomic E-state index is -3.23. The van der Waals surface area contributed by atoms with Crippen LogP contribution >= 0.6 is 11.6 Å². The summed E-state index contributed by atoms with van der Waals surface area (Å²) in [6, 6.07) is 12.4. The summed E-state index contributed by atoms with van der Waals surface area (Å²) in [5.41, 5.74) is 0.646. The molecular formula is C22H20ClNO6S. The van der Waals surface area contributed by atoms with Crippen molar-refractivity contribution in [1.82, 2.24) is 4.90 Å². The summed E-state index contributed by atoms with van der Waals surface area (Å²) in [5.74, 6) is -0.110. The molecule has 0 bridgehead atoms. The molecule has 31 heavy (non-hydrogen) atoms. The minimum absolute atomic E-state index is 0.0181. The van der Waals surface area contributed by atoms with Crippen LogP contribution in [0.2, 0.25) is 5.02 Å². The molecule has 2 aromatic carbocycles. The third kappa shape index (κ3) is 4.60. The van der Waals surface area contributed by atoms with Crippen LogP contribution in [0.25, 0.3) is 11.0 Å². The second kappa shape index (κ2) is 8.36. The standard InChI is InChI=1S/C22H20ClNO6S/c1-29-17-5-2-14(3-6-17)12-24(16-8-9-31(27,28)13-16)22(26)21-11-19(25)18-10-15(23)4-7-20(18)30-21/h2-7,10-11,16H,8-9,12-13H2,1H3. The highest BCUT2D eigenvalue weighted by atomic mass is 35.5. The Kier molecular flexibility index (Phi) is 5.77. The number of rotatable bonds is 5. The monoisotopic (exact) mass is 461 g/mol. The van der Waals surface area contributed by atoms with Crippen LogP contribution in [0.4, 0.5) is 0 Å². The number of benzene rings is 2. The molecule has 3 aromatic rings. The molecule has 1 aliphatic rings. The fraction of sp³-hybridized carbons (Fsp3) is 0.273. The molecule has 0 N–H and O–H groups in total. The third-order valence-electron chi connectivity index (χ3n) is 5.32. The molecule has 7 nitrogen and oxygen atoms in total. The number of hydrogen-bond acceptors (Lipinski definition) is 6. The summed E-state index contributed by atoms with van der Waals surface area (Å²) in [7, 11) is -1.67. The van der Waals surface area contributed by atoms with Crippen molar-refractivity contribution < 1.29 is 22.4 Å². The van der Waals surface area contributed by atoms with Gasteiger partial charge in [0.25, 0.3) is 5.91 Å². The zero-order chi connectivity index (χ0) is 22.2. The summed E-state index contributed by atoms with van der Waals surface area (Å²) in [6.45, 7) is 0.172. The van der Waals surface area contributed by atoms with Gasteiger partial charge in [-0.1, -0.05) is 23.7 Å². The molecule has 2 heterocycles. The van der Waals surface area contributed by atoms with Gasteiger partial charge in [0.1, 0.15) is 11.3 Å². The number of methoxy groups -OCH3 is 1. The second-order valence-electron chi connectivity index (χ2n) is 7.45. The normalized spacial score (nSPS) is 17.5. The van der Waals surface area contributed by atoms with E-state index in [9.17, 15) is 18.0 Å². The number of halogens is 1. The van der Waals surface area contributed by atoms with Crippen LogP contribution in [0.3, 0.4) is 0 Å². The zero-order valence-electron chi connectivity index (χ0n) is 16.7. The summed E-state index contributed by atoms with van der Waals surface area (Å²) in [6.07, 6.45) is 0.331. The first-order chi connectivity index (χ1) is 14.8. The number of carbonyl (C=O) groups is 1. The molecule has 1 aromatic heterocycles. The smallest absolute Gasteiger partial charge is 0.290 e. The van der Waals surface area contributed by atoms with Gasteiger partial charge in [-0.15, -0.1) is 0 Å². The average molecular weight is 462 g/mol. The highest BCUT2D eigenvalue weighted by Gasteiger charge is 2.36. The molecule has 9 heteroatoms. The van der Waals surface area contributed by atoms with Crippen molar-refractivity contribution in [2.24, 2.45) is 0 Å². The topological polar surface area (TPSA) is 93.9 Å². The Labute approximate surface area is 184 Å². The van der Waals surface area contributed by atoms with Crippen LogP contribution in [-0.4, -0.2) is 43.9 Å². The summed E-state index contributed by atoms with van der Waals surface area (Å²) < 4.78 is 35.0. The minimum Gasteiger partial charge on any atom is -0.497 e. The molecule has 0 spiro atoms. The van der Waals surface area contributed by atoms with E-state index >= 15 is 0 Å². The van der Waals surface area contributed by atoms with Crippen molar-refractivity contribution in [1.29, 1.82) is 0 Å². The van der Waals surface area contributed by atoms with Gasteiger partial charge in [0.15, 0.2) is 21.0 Å². The lowest BCUT2D eigenvalue weighted by Crippen LogP contribution is -2.40. The van der Waals surface area contributed by atoms with Gasteiger partial charge in [0.05, 0.1) is 24.0 Å². The number of fused-ring (bicyclic) bond motifs is 1. The maximum absolute atomic E-state index is 13.4. The quantitative estimate of drug-likeness (QED) is 0.578. The molecule has 1 fully saturated rings. The van der Waals surface area contributed by atoms with Gasteiger partial charge in [-0.25, -0.2) is 8.42 Å². The second-order valence-corrected chi connectivity index (χ2v) is 10.1. The van der Waals surface area contributed by atoms with Crippen molar-refractivity contribution in [2.75, 3.05) is 18.6 Å². The van der Waals surface area contributed by atoms with E-state index in [0.717, 1.165) is 11.6 Å². The third-order valence-corrected chi connectivity index (χ3v) is 7.31. The van der Waals surface area contributed by atoms with Crippen molar-refractivity contribution >= 4 is 38.3 Å². The first kappa shape index (κ1) is 21.4. The van der Waals surface area contributed by atoms with Crippen molar-refractivity contribution in [3.63, 3.8) is 0 Å². The SMILES string of the molecule is COc1ccc(CN(C(=O)c2cc(=O)c3cc(Cl)ccc3o2)C2CCS(=O)(=O)C2)cc1. The van der Waals surface area contributed by atoms with E-state index in [1.807, 2.05) is 0 Å². The largest absolute Gasteiger partial charge is 0.497 e. The van der Waals surface area contributed by atoms with E-state index < -0.39 is 27.2 Å². The van der Waals surface area contributed by atoms with Gasteiger partial charge in [0.2, 0.25) is 0 Å². The number of hydrogen-bond donors (Lipinski definition) is 0. The van der Waals surface area contributed by atoms with Gasteiger partial charge >= 0.3 is 0 Å². The summed E-state index contributed by atoms with van der Waals surface area (Å²) in [5, 5.41) is 0.658. The van der Waals surface area contributed by atoms with E-state index in [4.69, 9.17) is 20.8 Å². The van der Waals surface area contributed by atoms with Crippen LogP contribution in [0.1, 0.15) is 22.5 Å². The number of amides is 1. The van der Waals surface area contributed by atoms with Gasteiger partial charge in [-0.2, -0.15) is 0 Å². The predicted octanol–water partition coefficient (Wildman–Crippen LogP) is 3.28. The van der Waals surface area contributed by atoms with Gasteiger partial charge < -0.3 is 14.1 Å². The van der Waals surface area contributed by atoms with Crippen molar-refractivity contribution in [3.8, 4) is 5.75 Å². The Bertz CT molecular complexity index is 1300. The molecular weight excluding hydrogens is 442 g/mol. The Balaban J connectivity index is 1.71. The molecule has 1 saturated heterocycles. The lowest BCUT2D eigenvalue weighted by atomic mass is 10.1. The van der Waals surface area contributed by atoms with Crippen LogP contribution < -0.4 is 10.2 Å². The zero-order valence-corrected chi connectivity index (χ0v) is 18.3. The average Bonchev–Trinajstić information content (AvgIpc) is 3.11. The molecule has 0 saturated carbocycles. The molecule has 4 rings (SSSR count). The number of nitrogens with zero attached hydrogens (tertiary/aromatic N) is 1. The van der Waals surface area contributed by atoms with Crippen LogP contribution in [0.5, 0.6) is 5.75 Å². The molecule has 1 amide bonds. The molecule has 0 radical (unpaired) electrons. The maximum atomic E-state index is 13.4. The number of sulfone groups is 1. The van der Waals surface area contributed by atoms with Gasteiger partial charge in [-0.05, 0) is 42.3 Å². The molecule has 1 atom stereocenters. The maximum Gasteiger partial charge on any atom is 0.290 e. The first-order valence-corrected chi connectivity index (χ1v) is 11.8. The van der Waals surface area contributed by atoms with E-state index in [2.05, 4.69) is 0 Å². The lowest BCUT2D eigenvalue weighted by molar-refractivity contribution is 0.0648. The van der Waals surface area contributed by atoms with E-state index in [0.29, 0.717) is 17.2 Å². The lowest BCUT2D eigenvalue weighted by Gasteiger charge is -2.28. The Morgan fingerprint density at radius 1 is 1.19 bits per heavy atom. The Morgan fingerprint density at radius 3 is 2.58 bits per heavy atom. The highest BCUT2D eigenvalue weighted by Crippen LogP contribution is 2.24. The fourth-order valence-corrected chi connectivity index (χ4v) is 5.59. The molecule has 0 aliphatic carbocycles. The molecule has 1 aliphatic heterocycles. The number of carbonyl (C=O) groups excluding carboxylic acids is 1. The van der Waals surface area contributed by atoms with Gasteiger partial charge in [-0.3, -0.25) is 9.59 Å². The predicted molar refractivity (Wildman–Crippen MR) is 117 cm³/mol. The highest BCUT2D eigenvalue weighted by molar-refractivity contribution is 7.91. The summed E-state index contributed by atoms with van der Waals surface area (Å²) >= 11 is 5.95. The Morgan fingerprint density at radius 2 is 1.94 bits per heavy atom. The number of ether oxygens (including phenoxy) is 1. The van der Waals surface area contributed by atoms with E-state index in [1.165, 1.54) is 17.0 Å². The van der Waals surface area contributed by atoms with Gasteiger partial charge in [0, 0.05) is 23.7 Å². The van der Waals surface area contributed by atoms with Crippen LogP contribution in [0.15, 0.2) is 57.7 Å². The fourth-order valence-electron chi connectivity index (χ4n) is 3.69. The van der Waals surface area contributed by atoms with Crippen LogP contribution in [-0.2, 0) is 16.4 Å². The van der Waals surface area contributed by atoms with Crippen molar-refractivity contribution in [2.45, 2.75) is 19.0 Å².